The Morgan fingerprint density at radius 2 is 1.90 bits per heavy atom. The molecule has 2 aromatic carbocycles. The summed E-state index contributed by atoms with van der Waals surface area (Å²) in [5.74, 6) is -0.0559. The predicted molar refractivity (Wildman–Crippen MR) is 86.4 cm³/mol. The third-order valence-electron chi connectivity index (χ3n) is 3.05. The summed E-state index contributed by atoms with van der Waals surface area (Å²) < 4.78 is 0.947. The molecule has 2 aromatic rings. The molecule has 0 saturated heterocycles. The molecule has 0 aliphatic heterocycles. The Morgan fingerprint density at radius 1 is 1.20 bits per heavy atom. The van der Waals surface area contributed by atoms with E-state index in [4.69, 9.17) is 11.6 Å². The summed E-state index contributed by atoms with van der Waals surface area (Å²) in [4.78, 5) is 12.0. The number of carbonyl (C=O) groups is 1. The van der Waals surface area contributed by atoms with Crippen LogP contribution < -0.4 is 5.32 Å². The number of rotatable bonds is 4. The maximum absolute atomic E-state index is 12.0. The van der Waals surface area contributed by atoms with Crippen molar-refractivity contribution in [2.75, 3.05) is 6.54 Å². The maximum Gasteiger partial charge on any atom is 0.251 e. The molecule has 0 radical (unpaired) electrons. The van der Waals surface area contributed by atoms with Crippen LogP contribution in [0.2, 0.25) is 5.02 Å². The molecule has 1 amide bonds. The zero-order chi connectivity index (χ0) is 14.5. The number of benzene rings is 2. The highest BCUT2D eigenvalue weighted by Gasteiger charge is 2.06. The molecular formula is C16H15BrClNO. The highest BCUT2D eigenvalue weighted by molar-refractivity contribution is 9.10. The van der Waals surface area contributed by atoms with Gasteiger partial charge in [-0.2, -0.15) is 0 Å². The van der Waals surface area contributed by atoms with Gasteiger partial charge in [-0.1, -0.05) is 45.7 Å². The minimum Gasteiger partial charge on any atom is -0.352 e. The summed E-state index contributed by atoms with van der Waals surface area (Å²) >= 11 is 9.26. The Hall–Kier alpha value is -1.32. The van der Waals surface area contributed by atoms with Gasteiger partial charge < -0.3 is 5.32 Å². The fourth-order valence-corrected chi connectivity index (χ4v) is 2.31. The Morgan fingerprint density at radius 3 is 2.55 bits per heavy atom. The molecule has 20 heavy (non-hydrogen) atoms. The lowest BCUT2D eigenvalue weighted by molar-refractivity contribution is 0.0954. The Labute approximate surface area is 132 Å². The van der Waals surface area contributed by atoms with E-state index in [9.17, 15) is 4.79 Å². The first-order chi connectivity index (χ1) is 9.56. The smallest absolute Gasteiger partial charge is 0.251 e. The topological polar surface area (TPSA) is 29.1 Å². The number of hydrogen-bond donors (Lipinski definition) is 1. The van der Waals surface area contributed by atoms with Gasteiger partial charge in [0, 0.05) is 21.6 Å². The number of nitrogens with one attached hydrogen (secondary N) is 1. The van der Waals surface area contributed by atoms with Crippen LogP contribution in [0.5, 0.6) is 0 Å². The molecule has 0 fully saturated rings. The average molecular weight is 353 g/mol. The molecule has 2 nitrogen and oxygen atoms in total. The lowest BCUT2D eigenvalue weighted by Gasteiger charge is -2.07. The highest BCUT2D eigenvalue weighted by Crippen LogP contribution is 2.17. The molecule has 1 N–H and O–H groups in total. The summed E-state index contributed by atoms with van der Waals surface area (Å²) in [5.41, 5.74) is 2.93. The predicted octanol–water partition coefficient (Wildman–Crippen LogP) is 4.38. The van der Waals surface area contributed by atoms with E-state index in [0.29, 0.717) is 12.1 Å². The number of aryl methyl sites for hydroxylation is 1. The van der Waals surface area contributed by atoms with Gasteiger partial charge in [0.25, 0.3) is 5.91 Å². The normalized spacial score (nSPS) is 10.3. The zero-order valence-corrected chi connectivity index (χ0v) is 13.5. The van der Waals surface area contributed by atoms with Gasteiger partial charge in [0.15, 0.2) is 0 Å². The van der Waals surface area contributed by atoms with E-state index in [2.05, 4.69) is 21.2 Å². The molecular weight excluding hydrogens is 338 g/mol. The second-order valence-electron chi connectivity index (χ2n) is 4.60. The van der Waals surface area contributed by atoms with Crippen molar-refractivity contribution in [2.45, 2.75) is 13.3 Å². The summed E-state index contributed by atoms with van der Waals surface area (Å²) in [6, 6.07) is 13.3. The fourth-order valence-electron chi connectivity index (χ4n) is 1.81. The lowest BCUT2D eigenvalue weighted by atomic mass is 10.1. The third-order valence-corrected chi connectivity index (χ3v) is 4.15. The van der Waals surface area contributed by atoms with Crippen molar-refractivity contribution < 1.29 is 4.79 Å². The zero-order valence-electron chi connectivity index (χ0n) is 11.1. The highest BCUT2D eigenvalue weighted by atomic mass is 79.9. The molecule has 0 atom stereocenters. The van der Waals surface area contributed by atoms with E-state index in [-0.39, 0.29) is 5.91 Å². The van der Waals surface area contributed by atoms with Crippen LogP contribution >= 0.6 is 27.5 Å². The first-order valence-corrected chi connectivity index (χ1v) is 7.52. The van der Waals surface area contributed by atoms with E-state index >= 15 is 0 Å². The van der Waals surface area contributed by atoms with Gasteiger partial charge in [0.1, 0.15) is 0 Å². The molecule has 0 unspecified atom stereocenters. The van der Waals surface area contributed by atoms with E-state index in [1.807, 2.05) is 49.4 Å². The van der Waals surface area contributed by atoms with Gasteiger partial charge in [0.2, 0.25) is 0 Å². The first kappa shape index (κ1) is 15.1. The molecule has 104 valence electrons. The van der Waals surface area contributed by atoms with Crippen molar-refractivity contribution in [1.82, 2.24) is 5.32 Å². The van der Waals surface area contributed by atoms with Crippen LogP contribution in [0, 0.1) is 6.92 Å². The van der Waals surface area contributed by atoms with Crippen molar-refractivity contribution >= 4 is 33.4 Å². The van der Waals surface area contributed by atoms with Crippen molar-refractivity contribution in [1.29, 1.82) is 0 Å². The molecule has 0 heterocycles. The number of amides is 1. The van der Waals surface area contributed by atoms with Crippen molar-refractivity contribution in [3.05, 3.63) is 68.7 Å². The number of hydrogen-bond acceptors (Lipinski definition) is 1. The summed E-state index contributed by atoms with van der Waals surface area (Å²) in [7, 11) is 0. The largest absolute Gasteiger partial charge is 0.352 e. The Balaban J connectivity index is 1.88. The quantitative estimate of drug-likeness (QED) is 0.869. The van der Waals surface area contributed by atoms with Gasteiger partial charge in [0.05, 0.1) is 0 Å². The summed E-state index contributed by atoms with van der Waals surface area (Å²) in [5, 5.41) is 3.64. The molecule has 0 aliphatic carbocycles. The Bertz CT molecular complexity index is 610. The molecule has 2 rings (SSSR count). The maximum atomic E-state index is 12.0. The minimum absolute atomic E-state index is 0.0559. The second kappa shape index (κ2) is 6.91. The summed E-state index contributed by atoms with van der Waals surface area (Å²) in [6.45, 7) is 2.60. The van der Waals surface area contributed by atoms with Crippen LogP contribution in [0.1, 0.15) is 21.5 Å². The second-order valence-corrected chi connectivity index (χ2v) is 5.89. The number of carbonyl (C=O) groups excluding carboxylic acids is 1. The number of halogens is 2. The van der Waals surface area contributed by atoms with Gasteiger partial charge in [-0.25, -0.2) is 0 Å². The summed E-state index contributed by atoms with van der Waals surface area (Å²) in [6.07, 6.45) is 0.788. The van der Waals surface area contributed by atoms with Crippen LogP contribution in [-0.4, -0.2) is 12.5 Å². The lowest BCUT2D eigenvalue weighted by Crippen LogP contribution is -2.25. The first-order valence-electron chi connectivity index (χ1n) is 6.35. The molecule has 0 aromatic heterocycles. The molecule has 0 bridgehead atoms. The fraction of sp³-hybridized carbons (Fsp3) is 0.188. The van der Waals surface area contributed by atoms with Crippen molar-refractivity contribution in [3.8, 4) is 0 Å². The van der Waals surface area contributed by atoms with E-state index < -0.39 is 0 Å². The van der Waals surface area contributed by atoms with Crippen LogP contribution in [-0.2, 0) is 6.42 Å². The van der Waals surface area contributed by atoms with Crippen LogP contribution in [0.3, 0.4) is 0 Å². The van der Waals surface area contributed by atoms with E-state index in [0.717, 1.165) is 27.0 Å². The van der Waals surface area contributed by atoms with Crippen LogP contribution in [0.15, 0.2) is 46.9 Å². The van der Waals surface area contributed by atoms with Gasteiger partial charge in [-0.15, -0.1) is 0 Å². The minimum atomic E-state index is -0.0559. The van der Waals surface area contributed by atoms with E-state index in [1.54, 1.807) is 0 Å². The molecule has 0 saturated carbocycles. The monoisotopic (exact) mass is 351 g/mol. The molecule has 4 heteroatoms. The third kappa shape index (κ3) is 4.09. The van der Waals surface area contributed by atoms with Crippen molar-refractivity contribution in [2.24, 2.45) is 0 Å². The Kier molecular flexibility index (Phi) is 5.21. The standard InChI is InChI=1S/C16H15BrClNO/c1-11-2-5-13(10-15(11)17)16(20)19-9-8-12-3-6-14(18)7-4-12/h2-7,10H,8-9H2,1H3,(H,19,20). The SMILES string of the molecule is Cc1ccc(C(=O)NCCc2ccc(Cl)cc2)cc1Br. The van der Waals surface area contributed by atoms with Crippen LogP contribution in [0.25, 0.3) is 0 Å². The van der Waals surface area contributed by atoms with Gasteiger partial charge >= 0.3 is 0 Å². The van der Waals surface area contributed by atoms with Gasteiger partial charge in [-0.05, 0) is 48.7 Å². The van der Waals surface area contributed by atoms with Crippen LogP contribution in [0.4, 0.5) is 0 Å². The van der Waals surface area contributed by atoms with Crippen molar-refractivity contribution in [3.63, 3.8) is 0 Å². The molecule has 0 aliphatic rings. The van der Waals surface area contributed by atoms with Gasteiger partial charge in [-0.3, -0.25) is 4.79 Å². The average Bonchev–Trinajstić information content (AvgIpc) is 2.44. The molecule has 0 spiro atoms. The van der Waals surface area contributed by atoms with E-state index in [1.165, 1.54) is 0 Å².